The molecule has 0 aromatic rings. The fraction of sp³-hybridized carbons (Fsp3) is 0.861. The lowest BCUT2D eigenvalue weighted by Gasteiger charge is -2.72. The van der Waals surface area contributed by atoms with Crippen LogP contribution in [0.15, 0.2) is 12.2 Å². The highest BCUT2D eigenvalue weighted by Gasteiger charge is 2.72. The number of carbonyl (C=O) groups excluding carboxylic acids is 3. The van der Waals surface area contributed by atoms with Crippen molar-refractivity contribution in [2.24, 2.45) is 56.7 Å². The molecule has 0 aromatic heterocycles. The van der Waals surface area contributed by atoms with E-state index in [0.29, 0.717) is 29.6 Å². The minimum absolute atomic E-state index is 0.0162. The molecule has 6 nitrogen and oxygen atoms in total. The summed E-state index contributed by atoms with van der Waals surface area (Å²) in [4.78, 5) is 37.8. The van der Waals surface area contributed by atoms with Crippen molar-refractivity contribution in [2.75, 3.05) is 14.2 Å². The first-order chi connectivity index (χ1) is 19.6. The Morgan fingerprint density at radius 1 is 0.738 bits per heavy atom. The minimum Gasteiger partial charge on any atom is -0.469 e. The van der Waals surface area contributed by atoms with Crippen LogP contribution >= 0.6 is 0 Å². The van der Waals surface area contributed by atoms with Crippen LogP contribution in [0.25, 0.3) is 0 Å². The lowest BCUT2D eigenvalue weighted by Crippen LogP contribution is -2.67. The Kier molecular flexibility index (Phi) is 8.00. The number of hydrogen-bond acceptors (Lipinski definition) is 6. The van der Waals surface area contributed by atoms with Crippen molar-refractivity contribution in [2.45, 2.75) is 125 Å². The maximum absolute atomic E-state index is 13.5. The predicted molar refractivity (Wildman–Crippen MR) is 162 cm³/mol. The SMILES string of the molecule is C=C(C)[C@@H]1CC[C@]2(C(=O)OC)CC[C@]3(C)[C@H](CC[C@@H]4[C@@]5(C)CC[C@H](OC(=O)CCC(=O)OC)C(C)(C)[C@@H]5CC[C@]43C)[C@@H]12. The maximum atomic E-state index is 13.5. The zero-order valence-corrected chi connectivity index (χ0v) is 27.6. The third-order valence-corrected chi connectivity index (χ3v) is 14.6. The van der Waals surface area contributed by atoms with Crippen molar-refractivity contribution in [3.05, 3.63) is 12.2 Å². The van der Waals surface area contributed by atoms with Gasteiger partial charge in [-0.1, -0.05) is 46.8 Å². The van der Waals surface area contributed by atoms with Crippen molar-refractivity contribution in [3.63, 3.8) is 0 Å². The number of rotatable bonds is 6. The van der Waals surface area contributed by atoms with Crippen molar-refractivity contribution in [3.8, 4) is 0 Å². The highest BCUT2D eigenvalue weighted by atomic mass is 16.5. The monoisotopic (exact) mass is 584 g/mol. The topological polar surface area (TPSA) is 78.9 Å². The molecule has 5 fully saturated rings. The number of hydrogen-bond donors (Lipinski definition) is 0. The van der Waals surface area contributed by atoms with E-state index in [1.807, 2.05) is 0 Å². The second-order valence-corrected chi connectivity index (χ2v) is 16.2. The Balaban J connectivity index is 1.42. The molecule has 5 rings (SSSR count). The van der Waals surface area contributed by atoms with Crippen molar-refractivity contribution < 1.29 is 28.6 Å². The molecule has 0 heterocycles. The highest BCUT2D eigenvalue weighted by molar-refractivity contribution is 5.78. The number of ether oxygens (including phenoxy) is 3. The second-order valence-electron chi connectivity index (χ2n) is 16.2. The average molecular weight is 585 g/mol. The fourth-order valence-corrected chi connectivity index (χ4v) is 12.4. The molecular formula is C36H56O6. The fourth-order valence-electron chi connectivity index (χ4n) is 12.4. The van der Waals surface area contributed by atoms with Crippen molar-refractivity contribution in [1.29, 1.82) is 0 Å². The molecule has 10 atom stereocenters. The molecule has 5 saturated carbocycles. The summed E-state index contributed by atoms with van der Waals surface area (Å²) in [7, 11) is 2.92. The highest BCUT2D eigenvalue weighted by Crippen LogP contribution is 2.77. The molecule has 5 aliphatic carbocycles. The number of methoxy groups -OCH3 is 2. The summed E-state index contributed by atoms with van der Waals surface area (Å²) >= 11 is 0. The largest absolute Gasteiger partial charge is 0.469 e. The first-order valence-electron chi connectivity index (χ1n) is 16.6. The van der Waals surface area contributed by atoms with Crippen LogP contribution in [0.2, 0.25) is 0 Å². The van der Waals surface area contributed by atoms with Gasteiger partial charge in [0.2, 0.25) is 0 Å². The van der Waals surface area contributed by atoms with Crippen LogP contribution in [-0.2, 0) is 28.6 Å². The summed E-state index contributed by atoms with van der Waals surface area (Å²) in [6.45, 7) is 19.0. The average Bonchev–Trinajstić information content (AvgIpc) is 3.34. The third kappa shape index (κ3) is 4.34. The zero-order valence-electron chi connectivity index (χ0n) is 27.6. The Bertz CT molecular complexity index is 1130. The van der Waals surface area contributed by atoms with Crippen LogP contribution < -0.4 is 0 Å². The summed E-state index contributed by atoms with van der Waals surface area (Å²) < 4.78 is 16.3. The quantitative estimate of drug-likeness (QED) is 0.181. The van der Waals surface area contributed by atoms with Crippen LogP contribution in [-0.4, -0.2) is 38.2 Å². The molecule has 0 spiro atoms. The molecule has 0 N–H and O–H groups in total. The van der Waals surface area contributed by atoms with Crippen LogP contribution in [0.3, 0.4) is 0 Å². The number of carbonyl (C=O) groups is 3. The van der Waals surface area contributed by atoms with Crippen LogP contribution in [0.4, 0.5) is 0 Å². The minimum atomic E-state index is -0.378. The Morgan fingerprint density at radius 3 is 2.07 bits per heavy atom. The standard InChI is InChI=1S/C36H56O6/c1-22(2)23-14-19-36(31(39)41-9)21-20-34(6)24(30(23)36)10-11-26-33(5)17-16-27(42-29(38)13-12-28(37)40-8)32(3,4)25(33)15-18-35(26,34)7/h23-27,30H,1,10-21H2,2-9H3/t23-,24+,25-,26+,27-,30+,33-,34+,35+,36-/m0/s1. The van der Waals surface area contributed by atoms with Gasteiger partial charge in [-0.2, -0.15) is 0 Å². The van der Waals surface area contributed by atoms with Crippen molar-refractivity contribution >= 4 is 17.9 Å². The van der Waals surface area contributed by atoms with E-state index in [-0.39, 0.29) is 63.9 Å². The number of fused-ring (bicyclic) bond motifs is 7. The van der Waals surface area contributed by atoms with E-state index in [9.17, 15) is 14.4 Å². The van der Waals surface area contributed by atoms with E-state index in [1.54, 1.807) is 7.11 Å². The van der Waals surface area contributed by atoms with Gasteiger partial charge in [0.1, 0.15) is 6.10 Å². The van der Waals surface area contributed by atoms with E-state index in [1.165, 1.54) is 31.9 Å². The van der Waals surface area contributed by atoms with Crippen LogP contribution in [0, 0.1) is 56.7 Å². The molecule has 0 saturated heterocycles. The van der Waals surface area contributed by atoms with Gasteiger partial charge in [0.15, 0.2) is 0 Å². The predicted octanol–water partition coefficient (Wildman–Crippen LogP) is 7.68. The second kappa shape index (κ2) is 10.6. The molecule has 0 amide bonds. The molecule has 42 heavy (non-hydrogen) atoms. The van der Waals surface area contributed by atoms with Gasteiger partial charge in [0.05, 0.1) is 32.5 Å². The number of allylic oxidation sites excluding steroid dienone is 1. The molecule has 5 aliphatic rings. The van der Waals surface area contributed by atoms with Gasteiger partial charge in [-0.15, -0.1) is 0 Å². The lowest BCUT2D eigenvalue weighted by atomic mass is 9.32. The molecule has 6 heteroatoms. The first-order valence-corrected chi connectivity index (χ1v) is 16.6. The van der Waals surface area contributed by atoms with E-state index in [0.717, 1.165) is 44.9 Å². The van der Waals surface area contributed by atoms with E-state index >= 15 is 0 Å². The van der Waals surface area contributed by atoms with Gasteiger partial charge >= 0.3 is 17.9 Å². The zero-order chi connectivity index (χ0) is 30.9. The van der Waals surface area contributed by atoms with Crippen molar-refractivity contribution in [1.82, 2.24) is 0 Å². The van der Waals surface area contributed by atoms with Crippen LogP contribution in [0.1, 0.15) is 119 Å². The van der Waals surface area contributed by atoms with E-state index < -0.39 is 0 Å². The molecular weight excluding hydrogens is 528 g/mol. The normalized spacial score (nSPS) is 45.3. The van der Waals surface area contributed by atoms with E-state index in [2.05, 4.69) is 48.1 Å². The molecule has 0 aliphatic heterocycles. The molecule has 236 valence electrons. The molecule has 0 radical (unpaired) electrons. The molecule has 0 aromatic carbocycles. The maximum Gasteiger partial charge on any atom is 0.312 e. The smallest absolute Gasteiger partial charge is 0.312 e. The van der Waals surface area contributed by atoms with Gasteiger partial charge in [-0.3, -0.25) is 14.4 Å². The Morgan fingerprint density at radius 2 is 1.43 bits per heavy atom. The van der Waals surface area contributed by atoms with Gasteiger partial charge in [0.25, 0.3) is 0 Å². The van der Waals surface area contributed by atoms with Gasteiger partial charge in [0, 0.05) is 5.41 Å². The van der Waals surface area contributed by atoms with E-state index in [4.69, 9.17) is 14.2 Å². The van der Waals surface area contributed by atoms with Gasteiger partial charge < -0.3 is 14.2 Å². The first kappa shape index (κ1) is 31.6. The summed E-state index contributed by atoms with van der Waals surface area (Å²) in [6, 6.07) is 0. The molecule has 0 unspecified atom stereocenters. The third-order valence-electron chi connectivity index (χ3n) is 14.6. The van der Waals surface area contributed by atoms with Gasteiger partial charge in [-0.25, -0.2) is 0 Å². The Labute approximate surface area is 254 Å². The summed E-state index contributed by atoms with van der Waals surface area (Å²) in [5.74, 6) is 1.61. The summed E-state index contributed by atoms with van der Waals surface area (Å²) in [5, 5.41) is 0. The van der Waals surface area contributed by atoms with Gasteiger partial charge in [-0.05, 0) is 117 Å². The summed E-state index contributed by atoms with van der Waals surface area (Å²) in [5.41, 5.74) is 1.25. The number of esters is 3. The Hall–Kier alpha value is -1.85. The van der Waals surface area contributed by atoms with Crippen LogP contribution in [0.5, 0.6) is 0 Å². The summed E-state index contributed by atoms with van der Waals surface area (Å²) in [6.07, 6.45) is 10.6. The molecule has 0 bridgehead atoms. The lowest BCUT2D eigenvalue weighted by molar-refractivity contribution is -0.250.